The second-order valence-electron chi connectivity index (χ2n) is 1.69. The van der Waals surface area contributed by atoms with Gasteiger partial charge in [0.05, 0.1) is 19.6 Å². The average molecular weight is 134 g/mol. The third kappa shape index (κ3) is 4.35. The summed E-state index contributed by atoms with van der Waals surface area (Å²) in [5.74, 6) is 0. The van der Waals surface area contributed by atoms with Crippen molar-refractivity contribution in [3.63, 3.8) is 0 Å². The molecule has 4 N–H and O–H groups in total. The maximum absolute atomic E-state index is 8.36. The van der Waals surface area contributed by atoms with Gasteiger partial charge in [0.2, 0.25) is 0 Å². The Balaban J connectivity index is 3.18. The Kier molecular flexibility index (Phi) is 5.86. The van der Waals surface area contributed by atoms with Crippen molar-refractivity contribution in [1.82, 2.24) is 10.6 Å². The van der Waals surface area contributed by atoms with Gasteiger partial charge in [-0.05, 0) is 6.42 Å². The molecule has 4 heteroatoms. The first-order chi connectivity index (χ1) is 4.35. The van der Waals surface area contributed by atoms with Gasteiger partial charge in [-0.1, -0.05) is 6.92 Å². The lowest BCUT2D eigenvalue weighted by Gasteiger charge is -2.14. The minimum atomic E-state index is -0.0640. The Morgan fingerprint density at radius 3 is 1.89 bits per heavy atom. The lowest BCUT2D eigenvalue weighted by atomic mass is 10.4. The van der Waals surface area contributed by atoms with Crippen molar-refractivity contribution in [3.8, 4) is 0 Å². The van der Waals surface area contributed by atoms with Crippen LogP contribution in [0.1, 0.15) is 13.3 Å². The van der Waals surface area contributed by atoms with Gasteiger partial charge in [-0.2, -0.15) is 0 Å². The van der Waals surface area contributed by atoms with E-state index in [1.165, 1.54) is 0 Å². The van der Waals surface area contributed by atoms with Crippen LogP contribution < -0.4 is 10.6 Å². The Bertz CT molecular complexity index is 54.9. The predicted octanol–water partition coefficient (Wildman–Crippen LogP) is -1.20. The maximum atomic E-state index is 8.36. The van der Waals surface area contributed by atoms with Crippen molar-refractivity contribution in [1.29, 1.82) is 0 Å². The van der Waals surface area contributed by atoms with Crippen LogP contribution in [0.5, 0.6) is 0 Å². The Morgan fingerprint density at radius 1 is 1.22 bits per heavy atom. The minimum absolute atomic E-state index is 0.0139. The number of nitrogens with one attached hydrogen (secondary N) is 2. The molecule has 0 rings (SSSR count). The highest BCUT2D eigenvalue weighted by molar-refractivity contribution is 4.55. The summed E-state index contributed by atoms with van der Waals surface area (Å²) in [5.41, 5.74) is 0. The van der Waals surface area contributed by atoms with Gasteiger partial charge in [0.15, 0.2) is 0 Å². The molecule has 4 nitrogen and oxygen atoms in total. The van der Waals surface area contributed by atoms with E-state index in [9.17, 15) is 0 Å². The largest absolute Gasteiger partial charge is 0.381 e. The highest BCUT2D eigenvalue weighted by Crippen LogP contribution is 1.81. The van der Waals surface area contributed by atoms with Crippen molar-refractivity contribution in [3.05, 3.63) is 0 Å². The molecule has 0 aromatic carbocycles. The van der Waals surface area contributed by atoms with E-state index in [2.05, 4.69) is 10.6 Å². The standard InChI is InChI=1S/C5H14N2O2/c1-2-5(6-3-8)7-4-9/h5-9H,2-4H2,1H3. The van der Waals surface area contributed by atoms with Crippen LogP contribution in [0.25, 0.3) is 0 Å². The molecule has 0 aliphatic heterocycles. The molecule has 0 heterocycles. The second kappa shape index (κ2) is 5.97. The smallest absolute Gasteiger partial charge is 0.0943 e. The summed E-state index contributed by atoms with van der Waals surface area (Å²) < 4.78 is 0. The highest BCUT2D eigenvalue weighted by Gasteiger charge is 1.99. The Hall–Kier alpha value is -0.160. The molecule has 0 amide bonds. The molecule has 0 unspecified atom stereocenters. The topological polar surface area (TPSA) is 64.5 Å². The molecular formula is C5H14N2O2. The lowest BCUT2D eigenvalue weighted by Crippen LogP contribution is -2.42. The van der Waals surface area contributed by atoms with E-state index in [4.69, 9.17) is 10.2 Å². The van der Waals surface area contributed by atoms with Gasteiger partial charge in [-0.15, -0.1) is 0 Å². The first kappa shape index (κ1) is 8.84. The van der Waals surface area contributed by atoms with E-state index in [-0.39, 0.29) is 19.6 Å². The quantitative estimate of drug-likeness (QED) is 0.357. The summed E-state index contributed by atoms with van der Waals surface area (Å²) in [6.07, 6.45) is 0.848. The molecule has 0 fully saturated rings. The first-order valence-corrected chi connectivity index (χ1v) is 3.03. The van der Waals surface area contributed by atoms with Crippen LogP contribution in [-0.4, -0.2) is 29.8 Å². The van der Waals surface area contributed by atoms with Crippen molar-refractivity contribution in [2.45, 2.75) is 19.5 Å². The first-order valence-electron chi connectivity index (χ1n) is 3.03. The normalized spacial score (nSPS) is 10.7. The highest BCUT2D eigenvalue weighted by atomic mass is 16.3. The molecule has 0 aromatic rings. The summed E-state index contributed by atoms with van der Waals surface area (Å²) in [5, 5.41) is 22.2. The number of aliphatic hydroxyl groups is 2. The van der Waals surface area contributed by atoms with Crippen LogP contribution in [0.15, 0.2) is 0 Å². The molecule has 0 aliphatic carbocycles. The molecule has 0 bridgehead atoms. The van der Waals surface area contributed by atoms with Crippen LogP contribution in [0.3, 0.4) is 0 Å². The van der Waals surface area contributed by atoms with Gasteiger partial charge >= 0.3 is 0 Å². The summed E-state index contributed by atoms with van der Waals surface area (Å²) in [7, 11) is 0. The number of rotatable bonds is 5. The van der Waals surface area contributed by atoms with Gasteiger partial charge in [-0.3, -0.25) is 10.6 Å². The zero-order valence-corrected chi connectivity index (χ0v) is 5.59. The Labute approximate surface area is 54.9 Å². The van der Waals surface area contributed by atoms with Crippen molar-refractivity contribution >= 4 is 0 Å². The summed E-state index contributed by atoms with van der Waals surface area (Å²) in [4.78, 5) is 0. The van der Waals surface area contributed by atoms with Gasteiger partial charge in [0.25, 0.3) is 0 Å². The van der Waals surface area contributed by atoms with Gasteiger partial charge < -0.3 is 10.2 Å². The number of hydrogen-bond acceptors (Lipinski definition) is 4. The third-order valence-electron chi connectivity index (χ3n) is 1.08. The Morgan fingerprint density at radius 2 is 1.67 bits per heavy atom. The molecule has 9 heavy (non-hydrogen) atoms. The molecule has 56 valence electrons. The summed E-state index contributed by atoms with van der Waals surface area (Å²) >= 11 is 0. The van der Waals surface area contributed by atoms with E-state index in [0.717, 1.165) is 6.42 Å². The molecule has 0 saturated heterocycles. The van der Waals surface area contributed by atoms with Crippen LogP contribution in [0.4, 0.5) is 0 Å². The van der Waals surface area contributed by atoms with Crippen molar-refractivity contribution < 1.29 is 10.2 Å². The third-order valence-corrected chi connectivity index (χ3v) is 1.08. The van der Waals surface area contributed by atoms with Crippen LogP contribution >= 0.6 is 0 Å². The monoisotopic (exact) mass is 134 g/mol. The van der Waals surface area contributed by atoms with Crippen molar-refractivity contribution in [2.75, 3.05) is 13.5 Å². The lowest BCUT2D eigenvalue weighted by molar-refractivity contribution is 0.186. The van der Waals surface area contributed by atoms with E-state index in [1.807, 2.05) is 6.92 Å². The fourth-order valence-corrected chi connectivity index (χ4v) is 0.581. The molecule has 0 aromatic heterocycles. The number of hydrogen-bond donors (Lipinski definition) is 4. The predicted molar refractivity (Wildman–Crippen MR) is 34.5 cm³/mol. The van der Waals surface area contributed by atoms with E-state index in [1.54, 1.807) is 0 Å². The molecule has 0 saturated carbocycles. The van der Waals surface area contributed by atoms with E-state index >= 15 is 0 Å². The molecule has 0 aliphatic rings. The summed E-state index contributed by atoms with van der Waals surface area (Å²) in [6.45, 7) is 1.83. The van der Waals surface area contributed by atoms with E-state index < -0.39 is 0 Å². The van der Waals surface area contributed by atoms with Crippen LogP contribution in [-0.2, 0) is 0 Å². The molecule has 0 atom stereocenters. The number of aliphatic hydroxyl groups excluding tert-OH is 2. The molecule has 0 spiro atoms. The zero-order valence-electron chi connectivity index (χ0n) is 5.59. The maximum Gasteiger partial charge on any atom is 0.0943 e. The van der Waals surface area contributed by atoms with Gasteiger partial charge in [0, 0.05) is 0 Å². The van der Waals surface area contributed by atoms with Gasteiger partial charge in [0.1, 0.15) is 0 Å². The van der Waals surface area contributed by atoms with Crippen molar-refractivity contribution in [2.24, 2.45) is 0 Å². The van der Waals surface area contributed by atoms with Crippen LogP contribution in [0.2, 0.25) is 0 Å². The minimum Gasteiger partial charge on any atom is -0.381 e. The fraction of sp³-hybridized carbons (Fsp3) is 1.00. The van der Waals surface area contributed by atoms with Crippen LogP contribution in [0, 0.1) is 0 Å². The van der Waals surface area contributed by atoms with Gasteiger partial charge in [-0.25, -0.2) is 0 Å². The zero-order chi connectivity index (χ0) is 7.11. The van der Waals surface area contributed by atoms with E-state index in [0.29, 0.717) is 0 Å². The molecule has 0 radical (unpaired) electrons. The summed E-state index contributed by atoms with van der Waals surface area (Å²) in [6, 6.07) is 0. The SMILES string of the molecule is CCC(NCO)NCO. The fourth-order valence-electron chi connectivity index (χ4n) is 0.581. The average Bonchev–Trinajstić information content (AvgIpc) is 1.88. The second-order valence-corrected chi connectivity index (χ2v) is 1.69. The molecular weight excluding hydrogens is 120 g/mol.